The molecule has 1 aromatic carbocycles. The van der Waals surface area contributed by atoms with Gasteiger partial charge in [0.15, 0.2) is 5.78 Å². The highest BCUT2D eigenvalue weighted by Gasteiger charge is 2.36. The lowest BCUT2D eigenvalue weighted by Gasteiger charge is -2.23. The molecular formula is C27H32ClF3N4O. The number of carbonyl (C=O) groups excluding carboxylic acids is 1. The topological polar surface area (TPSA) is 72.9 Å². The fourth-order valence-corrected chi connectivity index (χ4v) is 4.79. The third-order valence-electron chi connectivity index (χ3n) is 6.32. The van der Waals surface area contributed by atoms with Crippen LogP contribution in [0.25, 0.3) is 11.1 Å². The quantitative estimate of drug-likeness (QED) is 0.537. The van der Waals surface area contributed by atoms with E-state index in [-0.39, 0.29) is 29.1 Å². The third-order valence-corrected chi connectivity index (χ3v) is 6.63. The highest BCUT2D eigenvalue weighted by atomic mass is 35.5. The van der Waals surface area contributed by atoms with E-state index in [2.05, 4.69) is 40.9 Å². The molecule has 1 aliphatic heterocycles. The molecule has 2 heterocycles. The molecule has 0 spiro atoms. The van der Waals surface area contributed by atoms with Crippen LogP contribution in [0.15, 0.2) is 70.6 Å². The van der Waals surface area contributed by atoms with Gasteiger partial charge in [-0.3, -0.25) is 9.48 Å². The number of nitrogens with one attached hydrogen (secondary N) is 1. The number of aromatic nitrogens is 2. The summed E-state index contributed by atoms with van der Waals surface area (Å²) in [6, 6.07) is 9.50. The highest BCUT2D eigenvalue weighted by molar-refractivity contribution is 6.34. The van der Waals surface area contributed by atoms with Crippen LogP contribution in [0.4, 0.5) is 13.2 Å². The zero-order valence-corrected chi connectivity index (χ0v) is 21.3. The Hall–Kier alpha value is -2.68. The minimum absolute atomic E-state index is 0.00259. The summed E-state index contributed by atoms with van der Waals surface area (Å²) in [7, 11) is 1.96. The fraction of sp³-hybridized carbons (Fsp3) is 0.407. The van der Waals surface area contributed by atoms with E-state index in [1.54, 1.807) is 0 Å². The number of rotatable bonds is 5. The molecule has 0 saturated carbocycles. The number of piperidine rings is 1. The maximum Gasteiger partial charge on any atom is 0.413 e. The van der Waals surface area contributed by atoms with Gasteiger partial charge in [0.2, 0.25) is 0 Å². The number of alkyl halides is 3. The predicted octanol–water partition coefficient (Wildman–Crippen LogP) is 5.62. The van der Waals surface area contributed by atoms with Crippen LogP contribution in [-0.4, -0.2) is 40.9 Å². The van der Waals surface area contributed by atoms with E-state index in [4.69, 9.17) is 17.3 Å². The van der Waals surface area contributed by atoms with Crippen LogP contribution >= 0.6 is 11.6 Å². The number of ketones is 1. The number of hydrogen-bond acceptors (Lipinski definition) is 4. The molecule has 2 aliphatic rings. The monoisotopic (exact) mass is 520 g/mol. The standard InChI is InChI=1S/C16H21N3.C11H11ClF3NO/c1-19-12-15(11-18-19)14-6-4-5-13(9-14)10-16-7-2-3-8-17-16;1-6-7(11(13,14)15)3-2-4-8(12)10(6)9(17)5-16/h4-6,9,11-12,16-17H,2-3,7-8,10H2,1H3;2,4H,3,5,16H2,1H3. The van der Waals surface area contributed by atoms with E-state index in [1.165, 1.54) is 61.6 Å². The Labute approximate surface area is 214 Å². The largest absolute Gasteiger partial charge is 0.413 e. The zero-order valence-electron chi connectivity index (χ0n) is 20.5. The van der Waals surface area contributed by atoms with Crippen molar-refractivity contribution in [2.45, 2.75) is 51.2 Å². The average Bonchev–Trinajstić information content (AvgIpc) is 3.21. The van der Waals surface area contributed by atoms with Crippen molar-refractivity contribution in [2.75, 3.05) is 13.1 Å². The number of nitrogens with zero attached hydrogens (tertiary/aromatic N) is 2. The van der Waals surface area contributed by atoms with Gasteiger partial charge in [-0.1, -0.05) is 48.4 Å². The first-order valence-electron chi connectivity index (χ1n) is 12.0. The molecule has 5 nitrogen and oxygen atoms in total. The number of nitrogens with two attached hydrogens (primary N) is 1. The molecule has 36 heavy (non-hydrogen) atoms. The van der Waals surface area contributed by atoms with Gasteiger partial charge in [-0.25, -0.2) is 0 Å². The number of halogens is 4. The van der Waals surface area contributed by atoms with Crippen molar-refractivity contribution in [3.05, 3.63) is 76.1 Å². The van der Waals surface area contributed by atoms with Gasteiger partial charge in [-0.05, 0) is 61.9 Å². The Kier molecular flexibility index (Phi) is 9.70. The second kappa shape index (κ2) is 12.5. The van der Waals surface area contributed by atoms with Crippen molar-refractivity contribution in [3.8, 4) is 11.1 Å². The Bertz CT molecular complexity index is 1160. The summed E-state index contributed by atoms with van der Waals surface area (Å²) in [4.78, 5) is 11.5. The minimum Gasteiger partial charge on any atom is -0.324 e. The SMILES string of the molecule is CC1=C(C(F)(F)F)CC=CC(Cl)=C1C(=O)CN.Cn1cc(-c2cccc(CC3CCCCN3)c2)cn1. The Balaban J connectivity index is 0.000000202. The molecule has 194 valence electrons. The molecule has 1 atom stereocenters. The van der Waals surface area contributed by atoms with Gasteiger partial charge in [-0.15, -0.1) is 0 Å². The van der Waals surface area contributed by atoms with Gasteiger partial charge in [0, 0.05) is 36.0 Å². The van der Waals surface area contributed by atoms with Gasteiger partial charge in [0.1, 0.15) is 0 Å². The summed E-state index contributed by atoms with van der Waals surface area (Å²) in [5.41, 5.74) is 7.98. The van der Waals surface area contributed by atoms with Gasteiger partial charge in [0.05, 0.1) is 17.8 Å². The fourth-order valence-electron chi connectivity index (χ4n) is 4.45. The molecule has 1 aromatic heterocycles. The van der Waals surface area contributed by atoms with Crippen molar-refractivity contribution in [1.82, 2.24) is 15.1 Å². The summed E-state index contributed by atoms with van der Waals surface area (Å²) in [5.74, 6) is -0.596. The van der Waals surface area contributed by atoms with Crippen LogP contribution in [0.1, 0.15) is 38.2 Å². The molecule has 0 radical (unpaired) electrons. The highest BCUT2D eigenvalue weighted by Crippen LogP contribution is 2.37. The van der Waals surface area contributed by atoms with Gasteiger partial charge < -0.3 is 11.1 Å². The van der Waals surface area contributed by atoms with Crippen molar-refractivity contribution in [3.63, 3.8) is 0 Å². The van der Waals surface area contributed by atoms with E-state index in [9.17, 15) is 18.0 Å². The number of allylic oxidation sites excluding steroid dienone is 5. The summed E-state index contributed by atoms with van der Waals surface area (Å²) in [6.07, 6.45) is 6.93. The van der Waals surface area contributed by atoms with Crippen molar-refractivity contribution in [2.24, 2.45) is 12.8 Å². The van der Waals surface area contributed by atoms with Crippen molar-refractivity contribution < 1.29 is 18.0 Å². The second-order valence-corrected chi connectivity index (χ2v) is 9.42. The van der Waals surface area contributed by atoms with E-state index < -0.39 is 17.5 Å². The molecular weight excluding hydrogens is 489 g/mol. The van der Waals surface area contributed by atoms with Crippen LogP contribution in [0.5, 0.6) is 0 Å². The van der Waals surface area contributed by atoms with Gasteiger partial charge >= 0.3 is 6.18 Å². The lowest BCUT2D eigenvalue weighted by Crippen LogP contribution is -2.35. The van der Waals surface area contributed by atoms with Gasteiger partial charge in [-0.2, -0.15) is 18.3 Å². The maximum atomic E-state index is 12.7. The predicted molar refractivity (Wildman–Crippen MR) is 137 cm³/mol. The molecule has 2 aromatic rings. The van der Waals surface area contributed by atoms with Crippen LogP contribution in [0.3, 0.4) is 0 Å². The number of Topliss-reactive ketones (excluding diaryl/α,β-unsaturated/α-hetero) is 1. The summed E-state index contributed by atoms with van der Waals surface area (Å²) in [5, 5.41) is 7.85. The number of carbonyl (C=O) groups is 1. The number of hydrogen-bond donors (Lipinski definition) is 2. The van der Waals surface area contributed by atoms with E-state index in [1.807, 2.05) is 17.9 Å². The van der Waals surface area contributed by atoms with Gasteiger partial charge in [0.25, 0.3) is 0 Å². The maximum absolute atomic E-state index is 12.7. The van der Waals surface area contributed by atoms with Crippen LogP contribution in [0, 0.1) is 0 Å². The van der Waals surface area contributed by atoms with Crippen LogP contribution < -0.4 is 11.1 Å². The van der Waals surface area contributed by atoms with Crippen molar-refractivity contribution in [1.29, 1.82) is 0 Å². The first-order valence-corrected chi connectivity index (χ1v) is 12.4. The average molecular weight is 521 g/mol. The Morgan fingerprint density at radius 3 is 2.67 bits per heavy atom. The first-order chi connectivity index (χ1) is 17.1. The molecule has 9 heteroatoms. The lowest BCUT2D eigenvalue weighted by atomic mass is 9.96. The summed E-state index contributed by atoms with van der Waals surface area (Å²) in [6.45, 7) is 2.04. The Morgan fingerprint density at radius 2 is 2.06 bits per heavy atom. The van der Waals surface area contributed by atoms with E-state index in [0.717, 1.165) is 6.42 Å². The molecule has 1 saturated heterocycles. The Morgan fingerprint density at radius 1 is 1.28 bits per heavy atom. The molecule has 0 amide bonds. The van der Waals surface area contributed by atoms with E-state index in [0.29, 0.717) is 6.04 Å². The van der Waals surface area contributed by atoms with E-state index >= 15 is 0 Å². The summed E-state index contributed by atoms with van der Waals surface area (Å²) >= 11 is 5.79. The smallest absolute Gasteiger partial charge is 0.324 e. The first kappa shape index (κ1) is 27.9. The minimum atomic E-state index is -4.48. The third kappa shape index (κ3) is 7.41. The number of benzene rings is 1. The van der Waals surface area contributed by atoms with Crippen molar-refractivity contribution >= 4 is 17.4 Å². The molecule has 1 unspecified atom stereocenters. The lowest BCUT2D eigenvalue weighted by molar-refractivity contribution is -0.114. The molecule has 1 fully saturated rings. The zero-order chi connectivity index (χ0) is 26.3. The van der Waals surface area contributed by atoms with Crippen LogP contribution in [0.2, 0.25) is 0 Å². The number of aryl methyl sites for hydroxylation is 1. The van der Waals surface area contributed by atoms with Crippen LogP contribution in [-0.2, 0) is 18.3 Å². The second-order valence-electron chi connectivity index (χ2n) is 9.01. The molecule has 0 bridgehead atoms. The summed E-state index contributed by atoms with van der Waals surface area (Å²) < 4.78 is 40.1. The molecule has 1 aliphatic carbocycles. The molecule has 3 N–H and O–H groups in total. The normalized spacial score (nSPS) is 18.6. The molecule has 4 rings (SSSR count).